The van der Waals surface area contributed by atoms with Crippen molar-refractivity contribution in [3.63, 3.8) is 0 Å². The van der Waals surface area contributed by atoms with Gasteiger partial charge in [0.2, 0.25) is 0 Å². The summed E-state index contributed by atoms with van der Waals surface area (Å²) in [6.07, 6.45) is 43.6. The summed E-state index contributed by atoms with van der Waals surface area (Å²) in [6.45, 7) is 4.41. The zero-order chi connectivity index (χ0) is 42.1. The average Bonchev–Trinajstić information content (AvgIpc) is 3.16. The molecule has 0 aromatic carbocycles. The molecule has 0 heterocycles. The maximum Gasteiger partial charge on any atom is 0.472 e. The van der Waals surface area contributed by atoms with Gasteiger partial charge in [-0.25, -0.2) is 4.57 Å². The van der Waals surface area contributed by atoms with Crippen LogP contribution in [0.5, 0.6) is 0 Å². The molecule has 0 aliphatic rings. The lowest BCUT2D eigenvalue weighted by Gasteiger charge is -2.24. The van der Waals surface area contributed by atoms with Gasteiger partial charge in [-0.15, -0.1) is 0 Å². The van der Waals surface area contributed by atoms with Gasteiger partial charge in [0, 0.05) is 12.8 Å². The van der Waals surface area contributed by atoms with Crippen LogP contribution in [0.15, 0.2) is 24.3 Å². The van der Waals surface area contributed by atoms with Gasteiger partial charge >= 0.3 is 19.8 Å². The van der Waals surface area contributed by atoms with Gasteiger partial charge in [0.15, 0.2) is 6.10 Å². The van der Waals surface area contributed by atoms with E-state index in [0.717, 1.165) is 57.8 Å². The van der Waals surface area contributed by atoms with E-state index in [2.05, 4.69) is 38.2 Å². The zero-order valence-corrected chi connectivity index (χ0v) is 38.7. The van der Waals surface area contributed by atoms with Gasteiger partial charge in [-0.05, 0) is 38.5 Å². The van der Waals surface area contributed by atoms with Crippen molar-refractivity contribution in [2.45, 2.75) is 219 Å². The summed E-state index contributed by atoms with van der Waals surface area (Å²) in [4.78, 5) is 35.4. The topological polar surface area (TPSA) is 108 Å². The highest BCUT2D eigenvalue weighted by atomic mass is 31.2. The maximum atomic E-state index is 12.7. The first-order valence-corrected chi connectivity index (χ1v) is 25.1. The highest BCUT2D eigenvalue weighted by molar-refractivity contribution is 7.47. The highest BCUT2D eigenvalue weighted by Crippen LogP contribution is 2.43. The van der Waals surface area contributed by atoms with Crippen LogP contribution in [-0.2, 0) is 32.7 Å². The molecule has 57 heavy (non-hydrogen) atoms. The third-order valence-electron chi connectivity index (χ3n) is 10.3. The number of quaternary nitrogens is 1. The molecule has 1 unspecified atom stereocenters. The van der Waals surface area contributed by atoms with Gasteiger partial charge in [0.1, 0.15) is 19.8 Å². The molecule has 0 amide bonds. The number of hydrogen-bond donors (Lipinski definition) is 1. The second-order valence-corrected chi connectivity index (χ2v) is 18.6. The van der Waals surface area contributed by atoms with E-state index in [-0.39, 0.29) is 25.6 Å². The van der Waals surface area contributed by atoms with Crippen molar-refractivity contribution in [3.8, 4) is 0 Å². The lowest BCUT2D eigenvalue weighted by Crippen LogP contribution is -2.37. The number of rotatable bonds is 43. The molecule has 336 valence electrons. The van der Waals surface area contributed by atoms with E-state index in [1.165, 1.54) is 122 Å². The zero-order valence-electron chi connectivity index (χ0n) is 37.8. The number of ether oxygens (including phenoxy) is 2. The molecule has 0 aromatic rings. The number of carbonyl (C=O) groups excluding carboxylic acids is 2. The number of phosphoric acid groups is 1. The predicted octanol–water partition coefficient (Wildman–Crippen LogP) is 13.5. The minimum Gasteiger partial charge on any atom is -0.462 e. The third-order valence-corrected chi connectivity index (χ3v) is 11.2. The van der Waals surface area contributed by atoms with Crippen LogP contribution in [0.4, 0.5) is 0 Å². The Morgan fingerprint density at radius 1 is 0.544 bits per heavy atom. The molecule has 0 aliphatic heterocycles. The smallest absolute Gasteiger partial charge is 0.462 e. The number of nitrogens with zero attached hydrogens (tertiary/aromatic N) is 1. The first-order chi connectivity index (χ1) is 27.5. The Hall–Kier alpha value is -1.51. The quantitative estimate of drug-likeness (QED) is 0.0213. The van der Waals surface area contributed by atoms with E-state index in [1.54, 1.807) is 0 Å². The van der Waals surface area contributed by atoms with Gasteiger partial charge in [-0.1, -0.05) is 186 Å². The minimum atomic E-state index is -4.38. The molecule has 2 atom stereocenters. The molecule has 0 rings (SSSR count). The summed E-state index contributed by atoms with van der Waals surface area (Å²) < 4.78 is 34.3. The molecule has 9 nitrogen and oxygen atoms in total. The standard InChI is InChI=1S/C47H90NO8P/c1-6-8-10-12-14-16-18-20-22-23-24-26-27-29-31-33-35-37-39-46(49)53-43-45(44-55-57(51,52)54-42-41-48(3,4)5)56-47(50)40-38-36-34-32-30-28-25-21-19-17-15-13-11-9-7-2/h17,19,21,25,45H,6-16,18,20,22-24,26-44H2,1-5H3/p+1/b19-17+,25-21+/t45-/m1/s1. The monoisotopic (exact) mass is 829 g/mol. The summed E-state index contributed by atoms with van der Waals surface area (Å²) in [5.41, 5.74) is 0. The Bertz CT molecular complexity index is 1030. The molecule has 0 aromatic heterocycles. The van der Waals surface area contributed by atoms with Gasteiger partial charge in [-0.2, -0.15) is 0 Å². The van der Waals surface area contributed by atoms with Crippen LogP contribution in [0.1, 0.15) is 213 Å². The summed E-state index contributed by atoms with van der Waals surface area (Å²) in [5, 5.41) is 0. The molecule has 0 spiro atoms. The fourth-order valence-corrected chi connectivity index (χ4v) is 7.28. The van der Waals surface area contributed by atoms with Gasteiger partial charge in [-0.3, -0.25) is 18.6 Å². The van der Waals surface area contributed by atoms with Crippen LogP contribution < -0.4 is 0 Å². The molecule has 0 aliphatic carbocycles. The number of hydrogen-bond acceptors (Lipinski definition) is 7. The predicted molar refractivity (Wildman–Crippen MR) is 238 cm³/mol. The fraction of sp³-hybridized carbons (Fsp3) is 0.872. The van der Waals surface area contributed by atoms with Crippen LogP contribution in [0.3, 0.4) is 0 Å². The first kappa shape index (κ1) is 55.5. The molecule has 0 saturated heterocycles. The maximum absolute atomic E-state index is 12.7. The number of likely N-dealkylation sites (N-methyl/N-ethyl adjacent to an activating group) is 1. The number of phosphoric ester groups is 1. The van der Waals surface area contributed by atoms with E-state index >= 15 is 0 Å². The molecule has 0 fully saturated rings. The molecular weight excluding hydrogens is 737 g/mol. The number of allylic oxidation sites excluding steroid dienone is 4. The van der Waals surface area contributed by atoms with E-state index < -0.39 is 26.5 Å². The number of esters is 2. The lowest BCUT2D eigenvalue weighted by molar-refractivity contribution is -0.870. The van der Waals surface area contributed by atoms with Crippen LogP contribution in [-0.4, -0.2) is 74.9 Å². The fourth-order valence-electron chi connectivity index (χ4n) is 6.54. The van der Waals surface area contributed by atoms with Crippen molar-refractivity contribution in [1.82, 2.24) is 0 Å². The third kappa shape index (κ3) is 43.9. The van der Waals surface area contributed by atoms with Gasteiger partial charge in [0.05, 0.1) is 27.7 Å². The largest absolute Gasteiger partial charge is 0.472 e. The second kappa shape index (κ2) is 39.9. The molecule has 0 saturated carbocycles. The van der Waals surface area contributed by atoms with Crippen LogP contribution in [0.25, 0.3) is 0 Å². The number of carbonyl (C=O) groups is 2. The van der Waals surface area contributed by atoms with Crippen LogP contribution >= 0.6 is 7.82 Å². The summed E-state index contributed by atoms with van der Waals surface area (Å²) in [6, 6.07) is 0. The van der Waals surface area contributed by atoms with Crippen LogP contribution in [0.2, 0.25) is 0 Å². The lowest BCUT2D eigenvalue weighted by atomic mass is 10.0. The average molecular weight is 829 g/mol. The van der Waals surface area contributed by atoms with E-state index in [4.69, 9.17) is 18.5 Å². The van der Waals surface area contributed by atoms with Gasteiger partial charge in [0.25, 0.3) is 0 Å². The second-order valence-electron chi connectivity index (χ2n) is 17.2. The van der Waals surface area contributed by atoms with Crippen molar-refractivity contribution < 1.29 is 42.1 Å². The van der Waals surface area contributed by atoms with Gasteiger partial charge < -0.3 is 18.9 Å². The van der Waals surface area contributed by atoms with E-state index in [9.17, 15) is 19.0 Å². The molecule has 0 radical (unpaired) electrons. The Balaban J connectivity index is 4.30. The van der Waals surface area contributed by atoms with Crippen molar-refractivity contribution in [3.05, 3.63) is 24.3 Å². The van der Waals surface area contributed by atoms with Crippen molar-refractivity contribution >= 4 is 19.8 Å². The summed E-state index contributed by atoms with van der Waals surface area (Å²) in [7, 11) is 1.47. The highest BCUT2D eigenvalue weighted by Gasteiger charge is 2.27. The molecule has 0 bridgehead atoms. The Morgan fingerprint density at radius 2 is 0.930 bits per heavy atom. The Morgan fingerprint density at radius 3 is 1.37 bits per heavy atom. The summed E-state index contributed by atoms with van der Waals surface area (Å²) in [5.74, 6) is -0.807. The molecular formula is C47H91NO8P+. The Kier molecular flexibility index (Phi) is 38.9. The van der Waals surface area contributed by atoms with Crippen molar-refractivity contribution in [1.29, 1.82) is 0 Å². The first-order valence-electron chi connectivity index (χ1n) is 23.6. The Labute approximate surface area is 351 Å². The molecule has 10 heteroatoms. The van der Waals surface area contributed by atoms with Crippen molar-refractivity contribution in [2.75, 3.05) is 47.5 Å². The van der Waals surface area contributed by atoms with E-state index in [0.29, 0.717) is 23.9 Å². The van der Waals surface area contributed by atoms with Crippen molar-refractivity contribution in [2.24, 2.45) is 0 Å². The van der Waals surface area contributed by atoms with Crippen LogP contribution in [0, 0.1) is 0 Å². The van der Waals surface area contributed by atoms with E-state index in [1.807, 2.05) is 21.1 Å². The normalized spacial score (nSPS) is 13.7. The SMILES string of the molecule is CCCCCC/C=C/C=C/CCCCCCCC(=O)O[C@H](COC(=O)CCCCCCCCCCCCCCCCCCCC)COP(=O)(O)OCC[N+](C)(C)C. The number of unbranched alkanes of at least 4 members (excludes halogenated alkanes) is 26. The molecule has 1 N–H and O–H groups in total. The minimum absolute atomic E-state index is 0.0304. The summed E-state index contributed by atoms with van der Waals surface area (Å²) >= 11 is 0.